The summed E-state index contributed by atoms with van der Waals surface area (Å²) in [6, 6.07) is 19.4. The van der Waals surface area contributed by atoms with E-state index in [0.717, 1.165) is 65.0 Å². The van der Waals surface area contributed by atoms with E-state index in [1.807, 2.05) is 24.3 Å². The number of unbranched alkanes of at least 4 members (excludes halogenated alkanes) is 1. The van der Waals surface area contributed by atoms with E-state index in [1.165, 1.54) is 30.0 Å². The van der Waals surface area contributed by atoms with E-state index >= 15 is 0 Å². The number of aldehydes is 1. The number of methoxy groups -OCH3 is 1. The second kappa shape index (κ2) is 14.4. The lowest BCUT2D eigenvalue weighted by atomic mass is 10.1. The molecule has 0 fully saturated rings. The standard InChI is InChI=1S/C31H35FN2O3S2/c1-4-6-8-26-22-33(25-13-11-24(32)12-14-25)28-19-31(38-5-2)29(37-18-7-17-35)20-30(28)39-34(26)21-23-9-15-27(36-3)16-10-23/h7,9-20,26H,4-6,8,21-22H2,1-3H3/b18-7+. The van der Waals surface area contributed by atoms with Crippen LogP contribution in [0.5, 0.6) is 11.5 Å². The van der Waals surface area contributed by atoms with Crippen molar-refractivity contribution in [3.63, 3.8) is 0 Å². The Balaban J connectivity index is 1.80. The van der Waals surface area contributed by atoms with Crippen molar-refractivity contribution >= 4 is 41.4 Å². The summed E-state index contributed by atoms with van der Waals surface area (Å²) < 4.78 is 27.6. The Morgan fingerprint density at radius 1 is 1.10 bits per heavy atom. The average Bonchev–Trinajstić information content (AvgIpc) is 3.09. The van der Waals surface area contributed by atoms with Gasteiger partial charge in [0.05, 0.1) is 28.9 Å². The van der Waals surface area contributed by atoms with Crippen molar-refractivity contribution in [1.29, 1.82) is 0 Å². The lowest BCUT2D eigenvalue weighted by Gasteiger charge is -2.32. The summed E-state index contributed by atoms with van der Waals surface area (Å²) in [4.78, 5) is 15.2. The molecule has 0 radical (unpaired) electrons. The Morgan fingerprint density at radius 3 is 2.54 bits per heavy atom. The molecule has 4 rings (SSSR count). The number of carbonyl (C=O) groups is 1. The van der Waals surface area contributed by atoms with Gasteiger partial charge in [-0.05, 0) is 78.2 Å². The molecule has 0 saturated heterocycles. The molecule has 1 atom stereocenters. The van der Waals surface area contributed by atoms with Crippen LogP contribution in [0.25, 0.3) is 0 Å². The zero-order valence-corrected chi connectivity index (χ0v) is 24.3. The van der Waals surface area contributed by atoms with Crippen molar-refractivity contribution in [2.24, 2.45) is 0 Å². The third-order valence-electron chi connectivity index (χ3n) is 6.51. The maximum Gasteiger partial charge on any atom is 0.145 e. The Morgan fingerprint density at radius 2 is 1.87 bits per heavy atom. The Bertz CT molecular complexity index is 1250. The molecule has 1 aliphatic rings. The topological polar surface area (TPSA) is 42.0 Å². The molecule has 1 unspecified atom stereocenters. The predicted molar refractivity (Wildman–Crippen MR) is 160 cm³/mol. The number of benzene rings is 3. The van der Waals surface area contributed by atoms with E-state index in [1.54, 1.807) is 30.8 Å². The normalized spacial score (nSPS) is 15.7. The molecule has 0 bridgehead atoms. The summed E-state index contributed by atoms with van der Waals surface area (Å²) in [6.45, 7) is 5.84. The SMILES string of the molecule is CCCCC1CN(c2ccc(F)cc2)c2cc(SCC)c(O/C=C/C=O)cc2SN1Cc1ccc(OC)cc1. The van der Waals surface area contributed by atoms with E-state index in [4.69, 9.17) is 9.47 Å². The first-order valence-corrected chi connectivity index (χ1v) is 15.0. The molecule has 3 aromatic rings. The molecule has 0 N–H and O–H groups in total. The number of nitrogens with zero attached hydrogens (tertiary/aromatic N) is 2. The number of carbonyl (C=O) groups excluding carboxylic acids is 1. The first-order chi connectivity index (χ1) is 19.1. The molecule has 1 aliphatic heterocycles. The second-order valence-electron chi connectivity index (χ2n) is 9.18. The predicted octanol–water partition coefficient (Wildman–Crippen LogP) is 8.26. The Labute approximate surface area is 239 Å². The van der Waals surface area contributed by atoms with Gasteiger partial charge in [-0.3, -0.25) is 4.79 Å². The van der Waals surface area contributed by atoms with Crippen molar-refractivity contribution in [3.8, 4) is 11.5 Å². The minimum absolute atomic E-state index is 0.246. The fourth-order valence-electron chi connectivity index (χ4n) is 4.53. The highest BCUT2D eigenvalue weighted by Crippen LogP contribution is 2.47. The van der Waals surface area contributed by atoms with Gasteiger partial charge in [0, 0.05) is 30.9 Å². The van der Waals surface area contributed by atoms with Crippen LogP contribution in [0.1, 0.15) is 38.7 Å². The first-order valence-electron chi connectivity index (χ1n) is 13.2. The molecule has 0 spiro atoms. The van der Waals surface area contributed by atoms with Crippen molar-refractivity contribution < 1.29 is 18.7 Å². The summed E-state index contributed by atoms with van der Waals surface area (Å²) in [5.74, 6) is 2.17. The number of hydrogen-bond acceptors (Lipinski definition) is 7. The monoisotopic (exact) mass is 566 g/mol. The fraction of sp³-hybridized carbons (Fsp3) is 0.323. The lowest BCUT2D eigenvalue weighted by molar-refractivity contribution is -0.104. The number of thioether (sulfide) groups is 1. The molecule has 8 heteroatoms. The van der Waals surface area contributed by atoms with Crippen LogP contribution in [0.2, 0.25) is 0 Å². The highest BCUT2D eigenvalue weighted by atomic mass is 32.2. The maximum atomic E-state index is 13.9. The molecule has 0 amide bonds. The van der Waals surface area contributed by atoms with Crippen molar-refractivity contribution in [2.45, 2.75) is 55.5 Å². The van der Waals surface area contributed by atoms with Crippen LogP contribution < -0.4 is 14.4 Å². The minimum atomic E-state index is -0.250. The number of allylic oxidation sites excluding steroid dienone is 1. The molecular formula is C31H35FN2O3S2. The number of rotatable bonds is 12. The summed E-state index contributed by atoms with van der Waals surface area (Å²) in [5.41, 5.74) is 3.21. The number of anilines is 2. The first kappa shape index (κ1) is 29.1. The van der Waals surface area contributed by atoms with Gasteiger partial charge in [0.2, 0.25) is 0 Å². The summed E-state index contributed by atoms with van der Waals surface area (Å²) >= 11 is 3.42. The van der Waals surface area contributed by atoms with Gasteiger partial charge >= 0.3 is 0 Å². The quantitative estimate of drug-likeness (QED) is 0.0719. The summed E-state index contributed by atoms with van der Waals surface area (Å²) in [5, 5.41) is 0. The van der Waals surface area contributed by atoms with Gasteiger partial charge in [-0.2, -0.15) is 0 Å². The van der Waals surface area contributed by atoms with Gasteiger partial charge in [-0.15, -0.1) is 11.8 Å². The molecule has 39 heavy (non-hydrogen) atoms. The number of fused-ring (bicyclic) bond motifs is 1. The largest absolute Gasteiger partial charge is 0.497 e. The van der Waals surface area contributed by atoms with Gasteiger partial charge in [-0.1, -0.05) is 38.8 Å². The Kier molecular flexibility index (Phi) is 10.8. The molecular weight excluding hydrogens is 531 g/mol. The Hall–Kier alpha value is -2.94. The second-order valence-corrected chi connectivity index (χ2v) is 11.6. The molecule has 3 aromatic carbocycles. The number of ether oxygens (including phenoxy) is 2. The molecule has 0 saturated carbocycles. The van der Waals surface area contributed by atoms with Crippen LogP contribution in [-0.2, 0) is 11.3 Å². The van der Waals surface area contributed by atoms with Gasteiger partial charge < -0.3 is 14.4 Å². The molecule has 0 aromatic heterocycles. The minimum Gasteiger partial charge on any atom is -0.497 e. The van der Waals surface area contributed by atoms with Gasteiger partial charge in [0.1, 0.15) is 23.6 Å². The average molecular weight is 567 g/mol. The zero-order valence-electron chi connectivity index (χ0n) is 22.6. The van der Waals surface area contributed by atoms with E-state index in [9.17, 15) is 9.18 Å². The van der Waals surface area contributed by atoms with Crippen molar-refractivity contribution in [2.75, 3.05) is 24.3 Å². The van der Waals surface area contributed by atoms with E-state index < -0.39 is 0 Å². The summed E-state index contributed by atoms with van der Waals surface area (Å²) in [6.07, 6.45) is 6.73. The van der Waals surface area contributed by atoms with Crippen molar-refractivity contribution in [3.05, 3.63) is 84.4 Å². The third kappa shape index (κ3) is 7.59. The van der Waals surface area contributed by atoms with Crippen LogP contribution in [-0.4, -0.2) is 36.0 Å². The van der Waals surface area contributed by atoms with E-state index in [2.05, 4.69) is 47.3 Å². The highest BCUT2D eigenvalue weighted by molar-refractivity contribution is 7.99. The third-order valence-corrected chi connectivity index (χ3v) is 8.62. The van der Waals surface area contributed by atoms with E-state index in [-0.39, 0.29) is 11.9 Å². The smallest absolute Gasteiger partial charge is 0.145 e. The van der Waals surface area contributed by atoms with Crippen LogP contribution in [0.4, 0.5) is 15.8 Å². The van der Waals surface area contributed by atoms with Crippen LogP contribution >= 0.6 is 23.7 Å². The zero-order chi connectivity index (χ0) is 27.6. The van der Waals surface area contributed by atoms with Gasteiger partial charge in [-0.25, -0.2) is 8.70 Å². The van der Waals surface area contributed by atoms with E-state index in [0.29, 0.717) is 12.0 Å². The molecule has 206 valence electrons. The molecule has 5 nitrogen and oxygen atoms in total. The van der Waals surface area contributed by atoms with Crippen LogP contribution in [0.15, 0.2) is 82.8 Å². The van der Waals surface area contributed by atoms with Gasteiger partial charge in [0.25, 0.3) is 0 Å². The highest BCUT2D eigenvalue weighted by Gasteiger charge is 2.31. The van der Waals surface area contributed by atoms with Crippen LogP contribution in [0, 0.1) is 5.82 Å². The molecule has 0 aliphatic carbocycles. The number of halogens is 1. The van der Waals surface area contributed by atoms with Crippen molar-refractivity contribution in [1.82, 2.24) is 4.31 Å². The fourth-order valence-corrected chi connectivity index (χ4v) is 6.50. The maximum absolute atomic E-state index is 13.9. The van der Waals surface area contributed by atoms with Crippen LogP contribution in [0.3, 0.4) is 0 Å². The lowest BCUT2D eigenvalue weighted by Crippen LogP contribution is -2.37. The molecule has 1 heterocycles. The summed E-state index contributed by atoms with van der Waals surface area (Å²) in [7, 11) is 1.68. The van der Waals surface area contributed by atoms with Gasteiger partial charge in [0.15, 0.2) is 0 Å². The number of hydrogen-bond donors (Lipinski definition) is 0.